The molecule has 0 aliphatic rings. The molecule has 6 nitrogen and oxygen atoms in total. The number of rotatable bonds is 64. The van der Waals surface area contributed by atoms with E-state index < -0.39 is 6.10 Å². The average Bonchev–Trinajstić information content (AvgIpc) is 3.43. The Morgan fingerprint density at radius 1 is 0.260 bits per heavy atom. The highest BCUT2D eigenvalue weighted by Gasteiger charge is 2.19. The van der Waals surface area contributed by atoms with Gasteiger partial charge in [0.1, 0.15) is 13.2 Å². The van der Waals surface area contributed by atoms with Crippen molar-refractivity contribution in [1.82, 2.24) is 0 Å². The largest absolute Gasteiger partial charge is 0.462 e. The number of ether oxygens (including phenoxy) is 3. The van der Waals surface area contributed by atoms with Crippen LogP contribution in [0.15, 0.2) is 36.5 Å². The fraction of sp³-hybridized carbons (Fsp3) is 0.873. The summed E-state index contributed by atoms with van der Waals surface area (Å²) in [7, 11) is 0. The lowest BCUT2D eigenvalue weighted by atomic mass is 10.0. The van der Waals surface area contributed by atoms with Gasteiger partial charge in [0.25, 0.3) is 0 Å². The van der Waals surface area contributed by atoms with Gasteiger partial charge in [-0.2, -0.15) is 0 Å². The standard InChI is InChI=1S/C71H132O6/c1-4-7-10-13-16-19-22-25-28-31-34-35-36-37-38-41-43-46-49-52-55-58-61-64-70(73)76-67-68(77-71(74)65-62-59-56-53-50-47-44-40-33-30-27-24-21-18-15-12-9-6-3)66-75-69(72)63-60-57-54-51-48-45-42-39-32-29-26-23-20-17-14-11-8-5-2/h21,24,29-30,32-33,68H,4-20,22-23,25-28,31,34-67H2,1-3H3/b24-21-,32-29-,33-30-. The molecular formula is C71H132O6. The van der Waals surface area contributed by atoms with E-state index in [9.17, 15) is 14.4 Å². The molecule has 0 aliphatic carbocycles. The lowest BCUT2D eigenvalue weighted by Gasteiger charge is -2.18. The second kappa shape index (κ2) is 66.1. The Hall–Kier alpha value is -2.37. The molecule has 1 unspecified atom stereocenters. The minimum Gasteiger partial charge on any atom is -0.462 e. The quantitative estimate of drug-likeness (QED) is 0.0261. The molecule has 452 valence electrons. The topological polar surface area (TPSA) is 78.9 Å². The maximum atomic E-state index is 12.9. The molecule has 0 saturated carbocycles. The molecular weight excluding hydrogens is 949 g/mol. The Balaban J connectivity index is 4.31. The maximum Gasteiger partial charge on any atom is 0.306 e. The monoisotopic (exact) mass is 1080 g/mol. The summed E-state index contributed by atoms with van der Waals surface area (Å²) in [5.41, 5.74) is 0. The molecule has 0 radical (unpaired) electrons. The molecule has 0 rings (SSSR count). The number of allylic oxidation sites excluding steroid dienone is 6. The molecule has 0 aromatic carbocycles. The Kier molecular flexibility index (Phi) is 64.1. The van der Waals surface area contributed by atoms with Gasteiger partial charge >= 0.3 is 17.9 Å². The van der Waals surface area contributed by atoms with Crippen molar-refractivity contribution in [3.05, 3.63) is 36.5 Å². The smallest absolute Gasteiger partial charge is 0.306 e. The van der Waals surface area contributed by atoms with Crippen molar-refractivity contribution in [2.45, 2.75) is 386 Å². The van der Waals surface area contributed by atoms with Crippen LogP contribution in [0.4, 0.5) is 0 Å². The molecule has 0 aromatic rings. The highest BCUT2D eigenvalue weighted by atomic mass is 16.6. The van der Waals surface area contributed by atoms with Crippen LogP contribution in [0.3, 0.4) is 0 Å². The number of hydrogen-bond acceptors (Lipinski definition) is 6. The highest BCUT2D eigenvalue weighted by molar-refractivity contribution is 5.71. The van der Waals surface area contributed by atoms with E-state index in [1.54, 1.807) is 0 Å². The summed E-state index contributed by atoms with van der Waals surface area (Å²) in [6.45, 7) is 6.69. The van der Waals surface area contributed by atoms with E-state index in [1.165, 1.54) is 270 Å². The average molecular weight is 1080 g/mol. The molecule has 1 atom stereocenters. The third kappa shape index (κ3) is 64.3. The van der Waals surface area contributed by atoms with E-state index >= 15 is 0 Å². The zero-order valence-corrected chi connectivity index (χ0v) is 52.0. The zero-order chi connectivity index (χ0) is 55.7. The summed E-state index contributed by atoms with van der Waals surface area (Å²) < 4.78 is 17.0. The number of hydrogen-bond donors (Lipinski definition) is 0. The minimum absolute atomic E-state index is 0.0722. The highest BCUT2D eigenvalue weighted by Crippen LogP contribution is 2.18. The van der Waals surface area contributed by atoms with Crippen molar-refractivity contribution in [2.75, 3.05) is 13.2 Å². The van der Waals surface area contributed by atoms with Gasteiger partial charge < -0.3 is 14.2 Å². The second-order valence-corrected chi connectivity index (χ2v) is 23.4. The van der Waals surface area contributed by atoms with Crippen LogP contribution >= 0.6 is 0 Å². The lowest BCUT2D eigenvalue weighted by molar-refractivity contribution is -0.167. The van der Waals surface area contributed by atoms with E-state index in [0.717, 1.165) is 70.6 Å². The van der Waals surface area contributed by atoms with E-state index in [0.29, 0.717) is 19.3 Å². The fourth-order valence-electron chi connectivity index (χ4n) is 10.4. The van der Waals surface area contributed by atoms with Crippen LogP contribution in [-0.4, -0.2) is 37.2 Å². The van der Waals surface area contributed by atoms with Crippen molar-refractivity contribution < 1.29 is 28.6 Å². The summed E-state index contributed by atoms with van der Waals surface area (Å²) in [5.74, 6) is -0.857. The van der Waals surface area contributed by atoms with Crippen molar-refractivity contribution >= 4 is 17.9 Å². The van der Waals surface area contributed by atoms with Crippen LogP contribution in [0.5, 0.6) is 0 Å². The van der Waals surface area contributed by atoms with Gasteiger partial charge in [-0.25, -0.2) is 0 Å². The number of carbonyl (C=O) groups is 3. The van der Waals surface area contributed by atoms with Crippen molar-refractivity contribution in [1.29, 1.82) is 0 Å². The Morgan fingerprint density at radius 3 is 0.740 bits per heavy atom. The van der Waals surface area contributed by atoms with Crippen LogP contribution < -0.4 is 0 Å². The Labute approximate surface area is 480 Å². The molecule has 0 amide bonds. The summed E-state index contributed by atoms with van der Waals surface area (Å²) >= 11 is 0. The van der Waals surface area contributed by atoms with E-state index in [4.69, 9.17) is 14.2 Å². The minimum atomic E-state index is -0.777. The van der Waals surface area contributed by atoms with Crippen LogP contribution in [-0.2, 0) is 28.6 Å². The third-order valence-electron chi connectivity index (χ3n) is 15.6. The van der Waals surface area contributed by atoms with Gasteiger partial charge in [-0.15, -0.1) is 0 Å². The van der Waals surface area contributed by atoms with Gasteiger partial charge in [-0.3, -0.25) is 14.4 Å². The molecule has 0 aliphatic heterocycles. The normalized spacial score (nSPS) is 12.2. The van der Waals surface area contributed by atoms with Gasteiger partial charge in [0.2, 0.25) is 0 Å². The third-order valence-corrected chi connectivity index (χ3v) is 15.6. The fourth-order valence-corrected chi connectivity index (χ4v) is 10.4. The molecule has 0 N–H and O–H groups in total. The van der Waals surface area contributed by atoms with Gasteiger partial charge in [0, 0.05) is 19.3 Å². The number of esters is 3. The Bertz CT molecular complexity index is 1290. The Morgan fingerprint density at radius 2 is 0.468 bits per heavy atom. The molecule has 0 saturated heterocycles. The molecule has 0 bridgehead atoms. The lowest BCUT2D eigenvalue weighted by Crippen LogP contribution is -2.30. The summed E-state index contributed by atoms with van der Waals surface area (Å²) in [6.07, 6.45) is 81.6. The van der Waals surface area contributed by atoms with Gasteiger partial charge in [-0.1, -0.05) is 320 Å². The van der Waals surface area contributed by atoms with E-state index in [2.05, 4.69) is 57.2 Å². The first kappa shape index (κ1) is 74.6. The number of carbonyl (C=O) groups excluding carboxylic acids is 3. The van der Waals surface area contributed by atoms with Gasteiger partial charge in [0.05, 0.1) is 0 Å². The molecule has 0 heterocycles. The van der Waals surface area contributed by atoms with Crippen LogP contribution in [0.1, 0.15) is 380 Å². The molecule has 0 fully saturated rings. The zero-order valence-electron chi connectivity index (χ0n) is 52.0. The summed E-state index contributed by atoms with van der Waals surface area (Å²) in [6, 6.07) is 0. The molecule has 6 heteroatoms. The van der Waals surface area contributed by atoms with Crippen LogP contribution in [0.2, 0.25) is 0 Å². The van der Waals surface area contributed by atoms with E-state index in [-0.39, 0.29) is 31.1 Å². The maximum absolute atomic E-state index is 12.9. The molecule has 0 spiro atoms. The first-order chi connectivity index (χ1) is 38.0. The summed E-state index contributed by atoms with van der Waals surface area (Å²) in [5, 5.41) is 0. The van der Waals surface area contributed by atoms with Crippen molar-refractivity contribution in [2.24, 2.45) is 0 Å². The predicted molar refractivity (Wildman–Crippen MR) is 335 cm³/mol. The van der Waals surface area contributed by atoms with Crippen LogP contribution in [0.25, 0.3) is 0 Å². The number of unbranched alkanes of at least 4 members (excludes halogenated alkanes) is 47. The van der Waals surface area contributed by atoms with Crippen molar-refractivity contribution in [3.8, 4) is 0 Å². The first-order valence-corrected chi connectivity index (χ1v) is 34.5. The SMILES string of the molecule is CCCCCC/C=C\C/C=C\CCCCCCCCCC(=O)OC(COC(=O)CCCCCCCCC/C=C\CCCCCCCCC)COC(=O)CCCCCCCCCCCCCCCCCCCCCCCCC. The summed E-state index contributed by atoms with van der Waals surface area (Å²) in [4.78, 5) is 38.4. The molecule has 0 aromatic heterocycles. The predicted octanol–water partition coefficient (Wildman–Crippen LogP) is 23.6. The van der Waals surface area contributed by atoms with Crippen molar-refractivity contribution in [3.63, 3.8) is 0 Å². The van der Waals surface area contributed by atoms with E-state index in [1.807, 2.05) is 0 Å². The second-order valence-electron chi connectivity index (χ2n) is 23.4. The molecule has 77 heavy (non-hydrogen) atoms. The van der Waals surface area contributed by atoms with Gasteiger partial charge in [-0.05, 0) is 77.0 Å². The van der Waals surface area contributed by atoms with Gasteiger partial charge in [0.15, 0.2) is 6.10 Å². The first-order valence-electron chi connectivity index (χ1n) is 34.5. The van der Waals surface area contributed by atoms with Crippen LogP contribution in [0, 0.1) is 0 Å².